The molecule has 0 saturated carbocycles. The van der Waals surface area contributed by atoms with Gasteiger partial charge in [0, 0.05) is 31.0 Å². The molecule has 0 aliphatic heterocycles. The molecule has 0 N–H and O–H groups in total. The fourth-order valence-electron chi connectivity index (χ4n) is 3.54. The molecule has 0 radical (unpaired) electrons. The van der Waals surface area contributed by atoms with Crippen LogP contribution < -0.4 is 4.90 Å². The van der Waals surface area contributed by atoms with Gasteiger partial charge < -0.3 is 4.57 Å². The molecule has 0 atom stereocenters. The molecule has 2 aromatic carbocycles. The maximum atomic E-state index is 12.5. The molecular weight excluding hydrogens is 462 g/mol. The van der Waals surface area contributed by atoms with Gasteiger partial charge in [0.1, 0.15) is 5.82 Å². The molecule has 1 amide bonds. The molecule has 0 aliphatic rings. The topological polar surface area (TPSA) is 63.9 Å². The van der Waals surface area contributed by atoms with Crippen LogP contribution >= 0.6 is 23.1 Å². The lowest BCUT2D eigenvalue weighted by Crippen LogP contribution is -2.22. The number of thioether (sulfide) groups is 1. The Labute approximate surface area is 208 Å². The molecule has 2 aromatic heterocycles. The SMILES string of the molecule is C=CCn1c(Cc2ccccc2)nnc1SCc1csc(N(C(C)=O)c2ccc(C)c(C)c2)n1. The van der Waals surface area contributed by atoms with E-state index in [0.717, 1.165) is 27.9 Å². The summed E-state index contributed by atoms with van der Waals surface area (Å²) < 4.78 is 2.09. The smallest absolute Gasteiger partial charge is 0.230 e. The van der Waals surface area contributed by atoms with Gasteiger partial charge >= 0.3 is 0 Å². The normalized spacial score (nSPS) is 10.9. The summed E-state index contributed by atoms with van der Waals surface area (Å²) >= 11 is 3.06. The number of hydrogen-bond donors (Lipinski definition) is 0. The molecule has 6 nitrogen and oxygen atoms in total. The standard InChI is InChI=1S/C26H27N5OS2/c1-5-13-30-24(15-21-9-7-6-8-10-21)28-29-26(30)34-17-22-16-33-25(27-22)31(20(4)32)23-12-11-18(2)19(3)14-23/h5-12,14,16H,1,13,15,17H2,2-4H3. The van der Waals surface area contributed by atoms with E-state index in [1.54, 1.807) is 23.6 Å². The van der Waals surface area contributed by atoms with Gasteiger partial charge in [-0.1, -0.05) is 54.2 Å². The minimum absolute atomic E-state index is 0.0620. The predicted octanol–water partition coefficient (Wildman–Crippen LogP) is 6.11. The maximum Gasteiger partial charge on any atom is 0.230 e. The molecule has 0 aliphatic carbocycles. The number of aromatic nitrogens is 4. The van der Waals surface area contributed by atoms with Crippen LogP contribution in [0.2, 0.25) is 0 Å². The zero-order valence-electron chi connectivity index (χ0n) is 19.6. The highest BCUT2D eigenvalue weighted by Gasteiger charge is 2.19. The number of thiazole rings is 1. The third-order valence-electron chi connectivity index (χ3n) is 5.45. The van der Waals surface area contributed by atoms with E-state index in [0.29, 0.717) is 23.8 Å². The van der Waals surface area contributed by atoms with Gasteiger partial charge in [0.05, 0.1) is 11.4 Å². The number of aryl methyl sites for hydroxylation is 2. The van der Waals surface area contributed by atoms with E-state index in [1.807, 2.05) is 54.8 Å². The number of amides is 1. The van der Waals surface area contributed by atoms with Gasteiger partial charge in [-0.3, -0.25) is 9.69 Å². The van der Waals surface area contributed by atoms with Crippen LogP contribution in [-0.2, 0) is 23.5 Å². The summed E-state index contributed by atoms with van der Waals surface area (Å²) in [6.45, 7) is 10.2. The van der Waals surface area contributed by atoms with Crippen molar-refractivity contribution in [1.82, 2.24) is 19.7 Å². The van der Waals surface area contributed by atoms with Crippen LogP contribution in [0.25, 0.3) is 0 Å². The molecule has 4 aromatic rings. The lowest BCUT2D eigenvalue weighted by Gasteiger charge is -2.19. The van der Waals surface area contributed by atoms with E-state index in [4.69, 9.17) is 4.98 Å². The lowest BCUT2D eigenvalue weighted by molar-refractivity contribution is -0.115. The van der Waals surface area contributed by atoms with Crippen molar-refractivity contribution >= 4 is 39.8 Å². The first-order valence-electron chi connectivity index (χ1n) is 11.0. The van der Waals surface area contributed by atoms with Gasteiger partial charge in [-0.2, -0.15) is 0 Å². The second-order valence-corrected chi connectivity index (χ2v) is 9.77. The summed E-state index contributed by atoms with van der Waals surface area (Å²) in [7, 11) is 0. The number of nitrogens with zero attached hydrogens (tertiary/aromatic N) is 5. The second-order valence-electron chi connectivity index (χ2n) is 7.99. The fraction of sp³-hybridized carbons (Fsp3) is 0.231. The Kier molecular flexibility index (Phi) is 7.59. The average Bonchev–Trinajstić information content (AvgIpc) is 3.43. The van der Waals surface area contributed by atoms with Gasteiger partial charge in [0.15, 0.2) is 10.3 Å². The van der Waals surface area contributed by atoms with Crippen LogP contribution in [0.4, 0.5) is 10.8 Å². The quantitative estimate of drug-likeness (QED) is 0.210. The Morgan fingerprint density at radius 1 is 1.15 bits per heavy atom. The summed E-state index contributed by atoms with van der Waals surface area (Å²) in [5.41, 5.74) is 5.26. The van der Waals surface area contributed by atoms with Crippen molar-refractivity contribution in [3.05, 3.63) is 94.8 Å². The lowest BCUT2D eigenvalue weighted by atomic mass is 10.1. The van der Waals surface area contributed by atoms with Gasteiger partial charge in [-0.05, 0) is 42.7 Å². The largest absolute Gasteiger partial charge is 0.302 e. The van der Waals surface area contributed by atoms with Crippen LogP contribution in [0.1, 0.15) is 35.1 Å². The molecule has 0 spiro atoms. The predicted molar refractivity (Wildman–Crippen MR) is 140 cm³/mol. The van der Waals surface area contributed by atoms with Crippen molar-refractivity contribution in [2.45, 2.75) is 44.6 Å². The zero-order chi connectivity index (χ0) is 24.1. The minimum Gasteiger partial charge on any atom is -0.302 e. The van der Waals surface area contributed by atoms with Gasteiger partial charge in [0.25, 0.3) is 0 Å². The number of carbonyl (C=O) groups excluding carboxylic acids is 1. The number of anilines is 2. The van der Waals surface area contributed by atoms with Crippen molar-refractivity contribution < 1.29 is 4.79 Å². The Morgan fingerprint density at radius 3 is 2.65 bits per heavy atom. The van der Waals surface area contributed by atoms with E-state index in [2.05, 4.69) is 40.4 Å². The van der Waals surface area contributed by atoms with E-state index in [1.165, 1.54) is 22.5 Å². The molecule has 34 heavy (non-hydrogen) atoms. The van der Waals surface area contributed by atoms with E-state index >= 15 is 0 Å². The Hall–Kier alpha value is -3.23. The van der Waals surface area contributed by atoms with Crippen molar-refractivity contribution in [1.29, 1.82) is 0 Å². The van der Waals surface area contributed by atoms with Gasteiger partial charge in [0.2, 0.25) is 5.91 Å². The summed E-state index contributed by atoms with van der Waals surface area (Å²) in [5, 5.41) is 12.3. The second kappa shape index (κ2) is 10.8. The number of hydrogen-bond acceptors (Lipinski definition) is 6. The molecule has 4 rings (SSSR count). The van der Waals surface area contributed by atoms with Crippen LogP contribution in [-0.4, -0.2) is 25.7 Å². The number of carbonyl (C=O) groups is 1. The number of rotatable bonds is 9. The first-order chi connectivity index (χ1) is 16.5. The van der Waals surface area contributed by atoms with Crippen LogP contribution in [0.3, 0.4) is 0 Å². The minimum atomic E-state index is -0.0620. The summed E-state index contributed by atoms with van der Waals surface area (Å²) in [5.74, 6) is 1.48. The third-order valence-corrected chi connectivity index (χ3v) is 7.33. The Bertz CT molecular complexity index is 1300. The number of benzene rings is 2. The highest BCUT2D eigenvalue weighted by atomic mass is 32.2. The van der Waals surface area contributed by atoms with Gasteiger partial charge in [-0.15, -0.1) is 28.1 Å². The summed E-state index contributed by atoms with van der Waals surface area (Å²) in [4.78, 5) is 18.9. The van der Waals surface area contributed by atoms with Crippen LogP contribution in [0.5, 0.6) is 0 Å². The summed E-state index contributed by atoms with van der Waals surface area (Å²) in [6, 6.07) is 16.3. The first-order valence-corrected chi connectivity index (χ1v) is 12.8. The van der Waals surface area contributed by atoms with Crippen molar-refractivity contribution in [3.8, 4) is 0 Å². The molecule has 0 saturated heterocycles. The Balaban J connectivity index is 1.50. The third kappa shape index (κ3) is 5.46. The van der Waals surface area contributed by atoms with E-state index < -0.39 is 0 Å². The number of allylic oxidation sites excluding steroid dienone is 1. The van der Waals surface area contributed by atoms with Crippen LogP contribution in [0.15, 0.2) is 71.7 Å². The molecular formula is C26H27N5OS2. The molecule has 2 heterocycles. The molecule has 0 fully saturated rings. The van der Waals surface area contributed by atoms with Crippen molar-refractivity contribution in [2.24, 2.45) is 0 Å². The fourth-order valence-corrected chi connectivity index (χ4v) is 5.39. The molecule has 174 valence electrons. The molecule has 0 bridgehead atoms. The molecule has 8 heteroatoms. The van der Waals surface area contributed by atoms with E-state index in [9.17, 15) is 4.79 Å². The average molecular weight is 490 g/mol. The molecule has 0 unspecified atom stereocenters. The van der Waals surface area contributed by atoms with Crippen molar-refractivity contribution in [2.75, 3.05) is 4.90 Å². The monoisotopic (exact) mass is 489 g/mol. The maximum absolute atomic E-state index is 12.5. The van der Waals surface area contributed by atoms with Crippen LogP contribution in [0, 0.1) is 13.8 Å². The first kappa shape index (κ1) is 23.9. The van der Waals surface area contributed by atoms with E-state index in [-0.39, 0.29) is 5.91 Å². The Morgan fingerprint density at radius 2 is 1.94 bits per heavy atom. The van der Waals surface area contributed by atoms with Gasteiger partial charge in [-0.25, -0.2) is 4.98 Å². The highest BCUT2D eigenvalue weighted by Crippen LogP contribution is 2.32. The highest BCUT2D eigenvalue weighted by molar-refractivity contribution is 7.98. The summed E-state index contributed by atoms with van der Waals surface area (Å²) in [6.07, 6.45) is 2.57. The van der Waals surface area contributed by atoms with Crippen molar-refractivity contribution in [3.63, 3.8) is 0 Å². The zero-order valence-corrected chi connectivity index (χ0v) is 21.2.